The molecule has 0 spiro atoms. The summed E-state index contributed by atoms with van der Waals surface area (Å²) in [5, 5.41) is 2.27. The first-order valence-corrected chi connectivity index (χ1v) is 27.7. The lowest BCUT2D eigenvalue weighted by Crippen LogP contribution is -2.61. The van der Waals surface area contributed by atoms with Gasteiger partial charge >= 0.3 is 0 Å². The average molecular weight is 988 g/mol. The molecule has 0 bridgehead atoms. The quantitative estimate of drug-likeness (QED) is 0.160. The van der Waals surface area contributed by atoms with Gasteiger partial charge in [-0.3, -0.25) is 0 Å². The fraction of sp³-hybridized carbons (Fsp3) is 0.239. The molecule has 3 aliphatic heterocycles. The van der Waals surface area contributed by atoms with Gasteiger partial charge in [0, 0.05) is 67.6 Å². The number of nitrogens with zero attached hydrogens (tertiary/aromatic N) is 3. The molecule has 4 heterocycles. The molecule has 2 unspecified atom stereocenters. The van der Waals surface area contributed by atoms with E-state index in [0.717, 1.165) is 40.5 Å². The number of aryl methyl sites for hydroxylation is 1. The van der Waals surface area contributed by atoms with E-state index >= 15 is 0 Å². The molecule has 4 nitrogen and oxygen atoms in total. The Kier molecular flexibility index (Phi) is 10.2. The van der Waals surface area contributed by atoms with Crippen LogP contribution >= 0.6 is 0 Å². The Balaban J connectivity index is 1.05. The van der Waals surface area contributed by atoms with Gasteiger partial charge in [-0.1, -0.05) is 171 Å². The molecule has 2 atom stereocenters. The van der Waals surface area contributed by atoms with Crippen LogP contribution in [0.4, 0.5) is 45.5 Å². The molecule has 76 heavy (non-hydrogen) atoms. The number of hydrogen-bond donors (Lipinski definition) is 0. The van der Waals surface area contributed by atoms with E-state index in [4.69, 9.17) is 4.42 Å². The van der Waals surface area contributed by atoms with Gasteiger partial charge in [-0.05, 0) is 166 Å². The highest BCUT2D eigenvalue weighted by molar-refractivity contribution is 7.00. The molecule has 0 saturated heterocycles. The number of rotatable bonds is 5. The molecule has 0 N–H and O–H groups in total. The summed E-state index contributed by atoms with van der Waals surface area (Å²) in [7, 11) is 0. The number of anilines is 8. The van der Waals surface area contributed by atoms with E-state index in [0.29, 0.717) is 0 Å². The summed E-state index contributed by atoms with van der Waals surface area (Å²) < 4.78 is 6.74. The van der Waals surface area contributed by atoms with Crippen LogP contribution in [0.2, 0.25) is 0 Å². The van der Waals surface area contributed by atoms with E-state index < -0.39 is 0 Å². The highest BCUT2D eigenvalue weighted by atomic mass is 16.3. The minimum absolute atomic E-state index is 0.0314. The predicted molar refractivity (Wildman–Crippen MR) is 324 cm³/mol. The zero-order valence-corrected chi connectivity index (χ0v) is 45.6. The smallest absolute Gasteiger partial charge is 0.252 e. The van der Waals surface area contributed by atoms with Crippen LogP contribution in [0, 0.1) is 6.92 Å². The minimum Gasteiger partial charge on any atom is -0.456 e. The molecule has 4 aliphatic rings. The number of para-hydroxylation sites is 1. The lowest BCUT2D eigenvalue weighted by molar-refractivity contribution is 0.195. The molecule has 5 heteroatoms. The van der Waals surface area contributed by atoms with Crippen molar-refractivity contribution in [2.75, 3.05) is 14.7 Å². The second-order valence-electron chi connectivity index (χ2n) is 25.0. The van der Waals surface area contributed by atoms with Gasteiger partial charge in [-0.25, -0.2) is 0 Å². The summed E-state index contributed by atoms with van der Waals surface area (Å²) in [5.41, 5.74) is 25.5. The van der Waals surface area contributed by atoms with Gasteiger partial charge in [-0.15, -0.1) is 0 Å². The van der Waals surface area contributed by atoms with Gasteiger partial charge in [0.15, 0.2) is 0 Å². The monoisotopic (exact) mass is 988 g/mol. The molecule has 14 rings (SSSR count). The molecule has 1 aliphatic carbocycles. The Morgan fingerprint density at radius 1 is 0.461 bits per heavy atom. The van der Waals surface area contributed by atoms with Gasteiger partial charge in [-0.2, -0.15) is 0 Å². The van der Waals surface area contributed by atoms with Crippen LogP contribution in [-0.4, -0.2) is 12.3 Å². The van der Waals surface area contributed by atoms with Gasteiger partial charge < -0.3 is 19.1 Å². The summed E-state index contributed by atoms with van der Waals surface area (Å²) in [4.78, 5) is 7.95. The molecule has 1 aromatic heterocycles. The maximum atomic E-state index is 6.74. The Morgan fingerprint density at radius 3 is 1.84 bits per heavy atom. The molecular formula is C71H66BN3O. The SMILES string of the molecule is Cc1cc2c3c(c1)N(c1ccc(C(C)(C)C)cc1-c1ccccc1)c1ccc(C(C)(C)C)cc1B3c1ccc(N3c4ccc(-c5ccccc5)cc4C4(C)CCCCC34C)cc1N2c1ccc2c(c1)oc1ccccc12. The molecule has 0 radical (unpaired) electrons. The Hall–Kier alpha value is -7.76. The second kappa shape index (κ2) is 16.6. The predicted octanol–water partition coefficient (Wildman–Crippen LogP) is 17.6. The number of furan rings is 1. The van der Waals surface area contributed by atoms with Gasteiger partial charge in [0.05, 0.1) is 11.2 Å². The van der Waals surface area contributed by atoms with Crippen molar-refractivity contribution in [3.63, 3.8) is 0 Å². The van der Waals surface area contributed by atoms with Crippen molar-refractivity contribution in [3.05, 3.63) is 210 Å². The summed E-state index contributed by atoms with van der Waals surface area (Å²) in [6.45, 7) is 21.4. The Bertz CT molecular complexity index is 3990. The van der Waals surface area contributed by atoms with E-state index in [1.165, 1.54) is 114 Å². The summed E-state index contributed by atoms with van der Waals surface area (Å²) >= 11 is 0. The summed E-state index contributed by atoms with van der Waals surface area (Å²) in [6, 6.07) is 71.6. The van der Waals surface area contributed by atoms with Crippen molar-refractivity contribution >= 4 is 90.5 Å². The fourth-order valence-corrected chi connectivity index (χ4v) is 14.1. The largest absolute Gasteiger partial charge is 0.456 e. The number of benzene rings is 9. The topological polar surface area (TPSA) is 22.9 Å². The molecule has 10 aromatic rings. The first-order valence-electron chi connectivity index (χ1n) is 27.7. The zero-order valence-electron chi connectivity index (χ0n) is 45.6. The van der Waals surface area contributed by atoms with E-state index in [1.54, 1.807) is 0 Å². The lowest BCUT2D eigenvalue weighted by Gasteiger charge is -2.50. The molecule has 0 amide bonds. The molecule has 1 fully saturated rings. The summed E-state index contributed by atoms with van der Waals surface area (Å²) in [5.74, 6) is 0. The van der Waals surface area contributed by atoms with Crippen molar-refractivity contribution in [2.45, 2.75) is 110 Å². The standard InChI is InChI=1S/C71H66BN3O/c1-45-38-63-67-64(39-45)74(59-34-27-49(68(2,3)4)41-55(59)47-22-14-11-15-23-47)61-35-28-50(69(5,6)7)42-58(61)72(67)57-32-30-52(43-62(57)73(63)51-29-31-54-53-24-16-17-25-65(53)76-66(54)44-51)75-60-33-26-48(46-20-12-10-13-21-46)40-56(60)70(8)36-18-19-37-71(70,75)9/h10-17,20-35,38-44H,18-19,36-37H2,1-9H3. The van der Waals surface area contributed by atoms with Crippen molar-refractivity contribution in [1.82, 2.24) is 0 Å². The van der Waals surface area contributed by atoms with E-state index in [2.05, 4.69) is 265 Å². The van der Waals surface area contributed by atoms with Crippen LogP contribution in [0.15, 0.2) is 192 Å². The zero-order chi connectivity index (χ0) is 52.0. The van der Waals surface area contributed by atoms with Crippen LogP contribution in [-0.2, 0) is 16.2 Å². The molecule has 9 aromatic carbocycles. The maximum absolute atomic E-state index is 6.74. The average Bonchev–Trinajstić information content (AvgIpc) is 3.98. The van der Waals surface area contributed by atoms with Crippen LogP contribution in [0.1, 0.15) is 103 Å². The van der Waals surface area contributed by atoms with E-state index in [-0.39, 0.29) is 28.5 Å². The third-order valence-corrected chi connectivity index (χ3v) is 18.3. The minimum atomic E-state index is -0.135. The molecule has 374 valence electrons. The van der Waals surface area contributed by atoms with E-state index in [9.17, 15) is 0 Å². The van der Waals surface area contributed by atoms with Crippen molar-refractivity contribution in [1.29, 1.82) is 0 Å². The maximum Gasteiger partial charge on any atom is 0.252 e. The van der Waals surface area contributed by atoms with Gasteiger partial charge in [0.25, 0.3) is 6.71 Å². The van der Waals surface area contributed by atoms with Gasteiger partial charge in [0.2, 0.25) is 0 Å². The highest BCUT2D eigenvalue weighted by Crippen LogP contribution is 2.62. The van der Waals surface area contributed by atoms with Crippen LogP contribution in [0.25, 0.3) is 44.2 Å². The van der Waals surface area contributed by atoms with Crippen LogP contribution in [0.5, 0.6) is 0 Å². The number of hydrogen-bond acceptors (Lipinski definition) is 4. The summed E-state index contributed by atoms with van der Waals surface area (Å²) in [6.07, 6.45) is 4.73. The molecular weight excluding hydrogens is 922 g/mol. The Labute approximate surface area is 449 Å². The number of fused-ring (bicyclic) bond motifs is 10. The third-order valence-electron chi connectivity index (χ3n) is 18.3. The molecule has 1 saturated carbocycles. The Morgan fingerprint density at radius 2 is 1.09 bits per heavy atom. The lowest BCUT2D eigenvalue weighted by atomic mass is 9.33. The fourth-order valence-electron chi connectivity index (χ4n) is 14.1. The van der Waals surface area contributed by atoms with Crippen molar-refractivity contribution in [2.24, 2.45) is 0 Å². The first kappa shape index (κ1) is 46.8. The highest BCUT2D eigenvalue weighted by Gasteiger charge is 2.58. The third kappa shape index (κ3) is 6.89. The van der Waals surface area contributed by atoms with Crippen molar-refractivity contribution in [3.8, 4) is 22.3 Å². The van der Waals surface area contributed by atoms with Crippen LogP contribution in [0.3, 0.4) is 0 Å². The van der Waals surface area contributed by atoms with E-state index in [1.807, 2.05) is 0 Å². The second-order valence-corrected chi connectivity index (χ2v) is 25.0. The normalized spacial score (nSPS) is 18.6. The first-order chi connectivity index (χ1) is 36.6. The van der Waals surface area contributed by atoms with Crippen molar-refractivity contribution < 1.29 is 4.42 Å². The van der Waals surface area contributed by atoms with Gasteiger partial charge in [0.1, 0.15) is 11.2 Å². The van der Waals surface area contributed by atoms with Crippen LogP contribution < -0.4 is 31.1 Å².